The number of ether oxygens (including phenoxy) is 1. The molecule has 0 aromatic heterocycles. The van der Waals surface area contributed by atoms with Crippen LogP contribution >= 0.6 is 0 Å². The normalized spacial score (nSPS) is 29.4. The van der Waals surface area contributed by atoms with E-state index in [-0.39, 0.29) is 36.2 Å². The number of allylic oxidation sites excluding steroid dienone is 2. The average molecular weight is 350 g/mol. The number of aliphatic carboxylic acids is 1. The molecule has 2 N–H and O–H groups in total. The summed E-state index contributed by atoms with van der Waals surface area (Å²) in [5, 5.41) is 18.6. The van der Waals surface area contributed by atoms with E-state index in [0.29, 0.717) is 19.3 Å². The van der Waals surface area contributed by atoms with Crippen LogP contribution in [0.2, 0.25) is 0 Å². The Labute approximate surface area is 149 Å². The summed E-state index contributed by atoms with van der Waals surface area (Å²) in [6, 6.07) is 0. The Balaban J connectivity index is 1.79. The number of aliphatic hydroxyl groups excluding tert-OH is 1. The molecule has 5 nitrogen and oxygen atoms in total. The molecule has 0 aromatic rings. The van der Waals surface area contributed by atoms with Gasteiger partial charge in [0.25, 0.3) is 0 Å². The fraction of sp³-hybridized carbons (Fsp3) is 0.700. The summed E-state index contributed by atoms with van der Waals surface area (Å²) in [4.78, 5) is 22.8. The summed E-state index contributed by atoms with van der Waals surface area (Å²) in [6.07, 6.45) is 13.2. The summed E-state index contributed by atoms with van der Waals surface area (Å²) >= 11 is 0. The number of carboxylic acid groups (broad SMARTS) is 1. The number of carboxylic acids is 1. The molecule has 0 radical (unpaired) electrons. The highest BCUT2D eigenvalue weighted by atomic mass is 16.6. The van der Waals surface area contributed by atoms with E-state index < -0.39 is 12.1 Å². The molecule has 5 unspecified atom stereocenters. The number of aliphatic hydroxyl groups is 1. The van der Waals surface area contributed by atoms with Gasteiger partial charge in [-0.2, -0.15) is 0 Å². The molecule has 1 heterocycles. The van der Waals surface area contributed by atoms with Crippen molar-refractivity contribution >= 4 is 11.8 Å². The van der Waals surface area contributed by atoms with Crippen LogP contribution in [0.3, 0.4) is 0 Å². The molecule has 1 aliphatic carbocycles. The third-order valence-electron chi connectivity index (χ3n) is 4.99. The SMILES string of the molecule is CCCCCC(O)C=CC1C(CC=CCCCC(=O)O)C(=O)C2OC21. The first-order valence-corrected chi connectivity index (χ1v) is 9.47. The third-order valence-corrected chi connectivity index (χ3v) is 4.99. The lowest BCUT2D eigenvalue weighted by Crippen LogP contribution is -2.20. The Hall–Kier alpha value is -1.46. The molecule has 1 saturated heterocycles. The topological polar surface area (TPSA) is 87.1 Å². The molecule has 1 saturated carbocycles. The number of unbranched alkanes of at least 4 members (excludes halogenated alkanes) is 3. The van der Waals surface area contributed by atoms with Crippen molar-refractivity contribution in [2.45, 2.75) is 76.6 Å². The number of rotatable bonds is 12. The van der Waals surface area contributed by atoms with E-state index in [2.05, 4.69) is 6.92 Å². The maximum atomic E-state index is 12.3. The Bertz CT molecular complexity index is 510. The molecule has 2 aliphatic rings. The van der Waals surface area contributed by atoms with Gasteiger partial charge in [-0.1, -0.05) is 50.5 Å². The predicted octanol–water partition coefficient (Wildman–Crippen LogP) is 3.27. The van der Waals surface area contributed by atoms with E-state index in [1.807, 2.05) is 24.3 Å². The fourth-order valence-corrected chi connectivity index (χ4v) is 3.48. The molecule has 0 spiro atoms. The van der Waals surface area contributed by atoms with Crippen molar-refractivity contribution in [3.63, 3.8) is 0 Å². The predicted molar refractivity (Wildman–Crippen MR) is 95.2 cm³/mol. The highest BCUT2D eigenvalue weighted by Crippen LogP contribution is 2.46. The molecule has 5 heteroatoms. The second-order valence-corrected chi connectivity index (χ2v) is 7.05. The Kier molecular flexibility index (Phi) is 7.85. The molecule has 0 amide bonds. The van der Waals surface area contributed by atoms with Crippen molar-refractivity contribution in [2.24, 2.45) is 11.8 Å². The van der Waals surface area contributed by atoms with Gasteiger partial charge in [-0.25, -0.2) is 0 Å². The van der Waals surface area contributed by atoms with Gasteiger partial charge in [0, 0.05) is 18.3 Å². The number of ketones is 1. The minimum absolute atomic E-state index is 0.0167. The van der Waals surface area contributed by atoms with Crippen molar-refractivity contribution < 1.29 is 24.5 Å². The molecule has 0 bridgehead atoms. The smallest absolute Gasteiger partial charge is 0.303 e. The zero-order chi connectivity index (χ0) is 18.2. The van der Waals surface area contributed by atoms with E-state index in [0.717, 1.165) is 25.7 Å². The second-order valence-electron chi connectivity index (χ2n) is 7.05. The summed E-state index contributed by atoms with van der Waals surface area (Å²) in [7, 11) is 0. The van der Waals surface area contributed by atoms with E-state index in [4.69, 9.17) is 9.84 Å². The molecule has 0 aromatic carbocycles. The molecular formula is C20H30O5. The van der Waals surface area contributed by atoms with Crippen LogP contribution in [0.5, 0.6) is 0 Å². The molecule has 2 fully saturated rings. The highest BCUT2D eigenvalue weighted by Gasteiger charge is 2.60. The largest absolute Gasteiger partial charge is 0.481 e. The minimum atomic E-state index is -0.778. The monoisotopic (exact) mass is 350 g/mol. The van der Waals surface area contributed by atoms with E-state index >= 15 is 0 Å². The number of hydrogen-bond acceptors (Lipinski definition) is 4. The standard InChI is InChI=1S/C20H30O5/c1-2-3-6-9-14(21)12-13-16-15(18(24)20-19(16)25-20)10-7-4-5-8-11-17(22)23/h4,7,12-16,19-21H,2-3,5-6,8-11H2,1H3,(H,22,23). The fourth-order valence-electron chi connectivity index (χ4n) is 3.48. The average Bonchev–Trinajstić information content (AvgIpc) is 3.31. The first-order chi connectivity index (χ1) is 12.0. The van der Waals surface area contributed by atoms with Crippen molar-refractivity contribution in [1.29, 1.82) is 0 Å². The van der Waals surface area contributed by atoms with Gasteiger partial charge in [0.15, 0.2) is 5.78 Å². The number of epoxide rings is 1. The Morgan fingerprint density at radius 1 is 1.28 bits per heavy atom. The molecular weight excluding hydrogens is 320 g/mol. The number of Topliss-reactive ketones (excluding diaryl/α,β-unsaturated/α-hetero) is 1. The zero-order valence-corrected chi connectivity index (χ0v) is 15.0. The van der Waals surface area contributed by atoms with E-state index in [1.165, 1.54) is 0 Å². The van der Waals surface area contributed by atoms with Gasteiger partial charge in [0.2, 0.25) is 0 Å². The van der Waals surface area contributed by atoms with Gasteiger partial charge in [-0.05, 0) is 25.7 Å². The Morgan fingerprint density at radius 2 is 2.08 bits per heavy atom. The van der Waals surface area contributed by atoms with Crippen LogP contribution in [0.4, 0.5) is 0 Å². The number of carbonyl (C=O) groups excluding carboxylic acids is 1. The molecule has 140 valence electrons. The Morgan fingerprint density at radius 3 is 2.80 bits per heavy atom. The zero-order valence-electron chi connectivity index (χ0n) is 15.0. The van der Waals surface area contributed by atoms with Gasteiger partial charge in [0.1, 0.15) is 6.10 Å². The van der Waals surface area contributed by atoms with Crippen molar-refractivity contribution in [3.05, 3.63) is 24.3 Å². The van der Waals surface area contributed by atoms with Crippen molar-refractivity contribution in [3.8, 4) is 0 Å². The number of carbonyl (C=O) groups is 2. The van der Waals surface area contributed by atoms with Crippen LogP contribution in [0.1, 0.15) is 58.3 Å². The van der Waals surface area contributed by atoms with Crippen LogP contribution < -0.4 is 0 Å². The first-order valence-electron chi connectivity index (χ1n) is 9.47. The van der Waals surface area contributed by atoms with Crippen LogP contribution in [0, 0.1) is 11.8 Å². The minimum Gasteiger partial charge on any atom is -0.481 e. The third kappa shape index (κ3) is 6.08. The van der Waals surface area contributed by atoms with Gasteiger partial charge in [-0.15, -0.1) is 0 Å². The van der Waals surface area contributed by atoms with Crippen LogP contribution in [-0.2, 0) is 14.3 Å². The van der Waals surface area contributed by atoms with Crippen LogP contribution in [-0.4, -0.2) is 40.3 Å². The molecule has 5 atom stereocenters. The van der Waals surface area contributed by atoms with Crippen molar-refractivity contribution in [1.82, 2.24) is 0 Å². The summed E-state index contributed by atoms with van der Waals surface area (Å²) in [5.41, 5.74) is 0. The molecule has 1 aliphatic heterocycles. The van der Waals surface area contributed by atoms with Gasteiger partial charge >= 0.3 is 5.97 Å². The first kappa shape index (κ1) is 19.9. The van der Waals surface area contributed by atoms with Crippen LogP contribution in [0.15, 0.2) is 24.3 Å². The lowest BCUT2D eigenvalue weighted by molar-refractivity contribution is -0.137. The molecule has 25 heavy (non-hydrogen) atoms. The van der Waals surface area contributed by atoms with Gasteiger partial charge < -0.3 is 14.9 Å². The summed E-state index contributed by atoms with van der Waals surface area (Å²) in [5.74, 6) is -0.657. The number of hydrogen-bond donors (Lipinski definition) is 2. The van der Waals surface area contributed by atoms with Crippen LogP contribution in [0.25, 0.3) is 0 Å². The quantitative estimate of drug-likeness (QED) is 0.320. The summed E-state index contributed by atoms with van der Waals surface area (Å²) in [6.45, 7) is 2.14. The second kappa shape index (κ2) is 9.88. The highest BCUT2D eigenvalue weighted by molar-refractivity contribution is 5.92. The van der Waals surface area contributed by atoms with E-state index in [1.54, 1.807) is 0 Å². The van der Waals surface area contributed by atoms with Gasteiger partial charge in [-0.3, -0.25) is 9.59 Å². The lowest BCUT2D eigenvalue weighted by Gasteiger charge is -2.16. The van der Waals surface area contributed by atoms with Gasteiger partial charge in [0.05, 0.1) is 12.2 Å². The number of fused-ring (bicyclic) bond motifs is 1. The van der Waals surface area contributed by atoms with Crippen molar-refractivity contribution in [2.75, 3.05) is 0 Å². The summed E-state index contributed by atoms with van der Waals surface area (Å²) < 4.78 is 5.44. The lowest BCUT2D eigenvalue weighted by atomic mass is 9.90. The molecule has 2 rings (SSSR count). The van der Waals surface area contributed by atoms with E-state index in [9.17, 15) is 14.7 Å². The maximum Gasteiger partial charge on any atom is 0.303 e. The maximum absolute atomic E-state index is 12.3.